The lowest BCUT2D eigenvalue weighted by molar-refractivity contribution is -0.385. The van der Waals surface area contributed by atoms with Crippen LogP contribution in [0.2, 0.25) is 0 Å². The van der Waals surface area contributed by atoms with E-state index >= 15 is 0 Å². The van der Waals surface area contributed by atoms with Crippen LogP contribution < -0.4 is 5.32 Å². The van der Waals surface area contributed by atoms with E-state index in [1.807, 2.05) is 4.90 Å². The molecular formula is C18H21N5O5. The molecular weight excluding hydrogens is 366 g/mol. The maximum absolute atomic E-state index is 12.6. The fraction of sp³-hybridized carbons (Fsp3) is 0.389. The number of hydrogen-bond acceptors (Lipinski definition) is 7. The summed E-state index contributed by atoms with van der Waals surface area (Å²) in [7, 11) is 0. The van der Waals surface area contributed by atoms with Gasteiger partial charge in [-0.05, 0) is 19.9 Å². The standard InChI is InChI=1S/C18H21N5O5/c1-12-3-4-14(10-15(12)23(26)27)18(25)22-7-5-21(6-8-22)11-17(24)19-16-9-13(2)28-20-16/h3-4,9-10H,5-8,11H2,1-2H3,(H,19,20,24). The van der Waals surface area contributed by atoms with Gasteiger partial charge in [-0.1, -0.05) is 11.2 Å². The normalized spacial score (nSPS) is 14.7. The van der Waals surface area contributed by atoms with Gasteiger partial charge in [0.05, 0.1) is 11.5 Å². The quantitative estimate of drug-likeness (QED) is 0.611. The smallest absolute Gasteiger partial charge is 0.273 e. The van der Waals surface area contributed by atoms with E-state index in [-0.39, 0.29) is 24.0 Å². The van der Waals surface area contributed by atoms with Crippen LogP contribution in [0.5, 0.6) is 0 Å². The molecule has 2 amide bonds. The minimum atomic E-state index is -0.487. The molecule has 1 fully saturated rings. The maximum Gasteiger partial charge on any atom is 0.273 e. The van der Waals surface area contributed by atoms with Gasteiger partial charge in [0.2, 0.25) is 5.91 Å². The van der Waals surface area contributed by atoms with Crippen molar-refractivity contribution in [1.29, 1.82) is 0 Å². The third-order valence-electron chi connectivity index (χ3n) is 4.57. The third kappa shape index (κ3) is 4.52. The highest BCUT2D eigenvalue weighted by Crippen LogP contribution is 2.20. The second kappa shape index (κ2) is 8.17. The molecule has 0 radical (unpaired) electrons. The van der Waals surface area contributed by atoms with Crippen LogP contribution in [0.3, 0.4) is 0 Å². The molecule has 0 aliphatic carbocycles. The molecule has 2 heterocycles. The number of nitro groups is 1. The van der Waals surface area contributed by atoms with Crippen LogP contribution in [-0.2, 0) is 4.79 Å². The van der Waals surface area contributed by atoms with Crippen molar-refractivity contribution < 1.29 is 19.0 Å². The molecule has 1 N–H and O–H groups in total. The molecule has 10 nitrogen and oxygen atoms in total. The molecule has 0 spiro atoms. The van der Waals surface area contributed by atoms with Crippen molar-refractivity contribution in [2.24, 2.45) is 0 Å². The number of nitrogens with one attached hydrogen (secondary N) is 1. The Morgan fingerprint density at radius 3 is 2.54 bits per heavy atom. The lowest BCUT2D eigenvalue weighted by atomic mass is 10.1. The maximum atomic E-state index is 12.6. The average Bonchev–Trinajstić information content (AvgIpc) is 3.06. The second-order valence-electron chi connectivity index (χ2n) is 6.70. The zero-order valence-corrected chi connectivity index (χ0v) is 15.7. The van der Waals surface area contributed by atoms with Crippen molar-refractivity contribution in [3.05, 3.63) is 51.3 Å². The fourth-order valence-electron chi connectivity index (χ4n) is 3.04. The summed E-state index contributed by atoms with van der Waals surface area (Å²) in [5, 5.41) is 17.5. The minimum Gasteiger partial charge on any atom is -0.360 e. The van der Waals surface area contributed by atoms with E-state index in [1.54, 1.807) is 36.9 Å². The number of amides is 2. The number of hydrogen-bond donors (Lipinski definition) is 1. The molecule has 1 aromatic carbocycles. The number of piperazine rings is 1. The van der Waals surface area contributed by atoms with Gasteiger partial charge in [-0.2, -0.15) is 0 Å². The summed E-state index contributed by atoms with van der Waals surface area (Å²) < 4.78 is 4.90. The molecule has 148 valence electrons. The minimum absolute atomic E-state index is 0.0655. The van der Waals surface area contributed by atoms with Crippen LogP contribution in [0.1, 0.15) is 21.7 Å². The molecule has 2 aromatic rings. The number of carbonyl (C=O) groups is 2. The Bertz CT molecular complexity index is 902. The summed E-state index contributed by atoms with van der Waals surface area (Å²) in [6, 6.07) is 6.13. The van der Waals surface area contributed by atoms with Crippen molar-refractivity contribution >= 4 is 23.3 Å². The Morgan fingerprint density at radius 1 is 1.21 bits per heavy atom. The van der Waals surface area contributed by atoms with Crippen LogP contribution in [-0.4, -0.2) is 64.4 Å². The summed E-state index contributed by atoms with van der Waals surface area (Å²) >= 11 is 0. The number of nitrogens with zero attached hydrogens (tertiary/aromatic N) is 4. The number of benzene rings is 1. The molecule has 28 heavy (non-hydrogen) atoms. The molecule has 0 bridgehead atoms. The van der Waals surface area contributed by atoms with E-state index in [2.05, 4.69) is 10.5 Å². The SMILES string of the molecule is Cc1cc(NC(=O)CN2CCN(C(=O)c3ccc(C)c([N+](=O)[O-])c3)CC2)no1. The van der Waals surface area contributed by atoms with Crippen LogP contribution in [0.4, 0.5) is 11.5 Å². The summed E-state index contributed by atoms with van der Waals surface area (Å²) in [5.74, 6) is 0.531. The topological polar surface area (TPSA) is 122 Å². The summed E-state index contributed by atoms with van der Waals surface area (Å²) in [6.45, 7) is 5.51. The van der Waals surface area contributed by atoms with Gasteiger partial charge in [0, 0.05) is 49.4 Å². The Morgan fingerprint density at radius 2 is 1.93 bits per heavy atom. The van der Waals surface area contributed by atoms with Crippen molar-refractivity contribution in [3.63, 3.8) is 0 Å². The summed E-state index contributed by atoms with van der Waals surface area (Å²) in [4.78, 5) is 38.9. The zero-order valence-electron chi connectivity index (χ0n) is 15.7. The first-order valence-electron chi connectivity index (χ1n) is 8.83. The van der Waals surface area contributed by atoms with E-state index in [4.69, 9.17) is 4.52 Å². The van der Waals surface area contributed by atoms with Gasteiger partial charge in [0.15, 0.2) is 5.82 Å². The molecule has 0 unspecified atom stereocenters. The van der Waals surface area contributed by atoms with Gasteiger partial charge >= 0.3 is 0 Å². The van der Waals surface area contributed by atoms with E-state index < -0.39 is 4.92 Å². The van der Waals surface area contributed by atoms with E-state index in [0.717, 1.165) is 0 Å². The number of aryl methyl sites for hydroxylation is 2. The largest absolute Gasteiger partial charge is 0.360 e. The number of carbonyl (C=O) groups excluding carboxylic acids is 2. The molecule has 1 aliphatic heterocycles. The van der Waals surface area contributed by atoms with Gasteiger partial charge < -0.3 is 14.7 Å². The van der Waals surface area contributed by atoms with Gasteiger partial charge in [0.1, 0.15) is 5.76 Å². The van der Waals surface area contributed by atoms with Crippen molar-refractivity contribution in [2.75, 3.05) is 38.0 Å². The third-order valence-corrected chi connectivity index (χ3v) is 4.57. The number of nitro benzene ring substituents is 1. The molecule has 1 aromatic heterocycles. The highest BCUT2D eigenvalue weighted by molar-refractivity contribution is 5.95. The Balaban J connectivity index is 1.53. The molecule has 10 heteroatoms. The number of aromatic nitrogens is 1. The molecule has 0 saturated carbocycles. The Labute approximate surface area is 161 Å². The lowest BCUT2D eigenvalue weighted by Gasteiger charge is -2.34. The van der Waals surface area contributed by atoms with Crippen molar-refractivity contribution in [2.45, 2.75) is 13.8 Å². The first-order valence-corrected chi connectivity index (χ1v) is 8.83. The van der Waals surface area contributed by atoms with Crippen LogP contribution in [0.15, 0.2) is 28.8 Å². The summed E-state index contributed by atoms with van der Waals surface area (Å²) in [6.07, 6.45) is 0. The van der Waals surface area contributed by atoms with Crippen LogP contribution in [0, 0.1) is 24.0 Å². The Kier molecular flexibility index (Phi) is 5.69. The van der Waals surface area contributed by atoms with Crippen LogP contribution >= 0.6 is 0 Å². The fourth-order valence-corrected chi connectivity index (χ4v) is 3.04. The zero-order chi connectivity index (χ0) is 20.3. The van der Waals surface area contributed by atoms with Crippen molar-refractivity contribution in [3.8, 4) is 0 Å². The lowest BCUT2D eigenvalue weighted by Crippen LogP contribution is -2.50. The van der Waals surface area contributed by atoms with Gasteiger partial charge in [-0.25, -0.2) is 0 Å². The highest BCUT2D eigenvalue weighted by Gasteiger charge is 2.25. The van der Waals surface area contributed by atoms with Gasteiger partial charge in [0.25, 0.3) is 11.6 Å². The monoisotopic (exact) mass is 387 g/mol. The average molecular weight is 387 g/mol. The first-order chi connectivity index (χ1) is 13.3. The molecule has 0 atom stereocenters. The molecule has 1 aliphatic rings. The van der Waals surface area contributed by atoms with Crippen LogP contribution in [0.25, 0.3) is 0 Å². The van der Waals surface area contributed by atoms with E-state index in [0.29, 0.717) is 48.9 Å². The summed E-state index contributed by atoms with van der Waals surface area (Å²) in [5.41, 5.74) is 0.744. The first kappa shape index (κ1) is 19.5. The molecule has 1 saturated heterocycles. The predicted molar refractivity (Wildman–Crippen MR) is 100 cm³/mol. The predicted octanol–water partition coefficient (Wildman–Crippen LogP) is 1.60. The van der Waals surface area contributed by atoms with Gasteiger partial charge in [-0.3, -0.25) is 24.6 Å². The second-order valence-corrected chi connectivity index (χ2v) is 6.70. The highest BCUT2D eigenvalue weighted by atomic mass is 16.6. The van der Waals surface area contributed by atoms with Gasteiger partial charge in [-0.15, -0.1) is 0 Å². The van der Waals surface area contributed by atoms with E-state index in [9.17, 15) is 19.7 Å². The van der Waals surface area contributed by atoms with E-state index in [1.165, 1.54) is 6.07 Å². The number of anilines is 1. The molecule has 3 rings (SSSR count). The number of rotatable bonds is 5. The van der Waals surface area contributed by atoms with Crippen molar-refractivity contribution in [1.82, 2.24) is 15.0 Å². The Hall–Kier alpha value is -3.27.